The predicted molar refractivity (Wildman–Crippen MR) is 136 cm³/mol. The first-order valence-electron chi connectivity index (χ1n) is 11.2. The quantitative estimate of drug-likeness (QED) is 0.282. The number of aldehydes is 1. The predicted octanol–water partition coefficient (Wildman–Crippen LogP) is 6.79. The van der Waals surface area contributed by atoms with Crippen LogP contribution in [0.1, 0.15) is 71.2 Å². The van der Waals surface area contributed by atoms with Crippen molar-refractivity contribution in [3.8, 4) is 11.3 Å². The van der Waals surface area contributed by atoms with E-state index in [2.05, 4.69) is 41.7 Å². The van der Waals surface area contributed by atoms with Crippen molar-refractivity contribution in [2.45, 2.75) is 53.0 Å². The lowest BCUT2D eigenvalue weighted by molar-refractivity contribution is 0.0697. The van der Waals surface area contributed by atoms with E-state index in [4.69, 9.17) is 4.42 Å². The van der Waals surface area contributed by atoms with Gasteiger partial charge >= 0.3 is 5.97 Å². The van der Waals surface area contributed by atoms with E-state index in [1.807, 2.05) is 42.7 Å². The van der Waals surface area contributed by atoms with Crippen molar-refractivity contribution in [1.29, 1.82) is 0 Å². The van der Waals surface area contributed by atoms with Crippen LogP contribution in [0.3, 0.4) is 0 Å². The maximum absolute atomic E-state index is 12.1. The summed E-state index contributed by atoms with van der Waals surface area (Å²) in [6.45, 7) is 10.5. The fraction of sp³-hybridized carbons (Fsp3) is 0.296. The van der Waals surface area contributed by atoms with Crippen molar-refractivity contribution >= 4 is 39.0 Å². The Balaban J connectivity index is 1.89. The van der Waals surface area contributed by atoms with Gasteiger partial charge in [-0.05, 0) is 51.5 Å². The van der Waals surface area contributed by atoms with Crippen molar-refractivity contribution in [2.24, 2.45) is 0 Å². The Hall–Kier alpha value is -3.19. The van der Waals surface area contributed by atoms with Crippen molar-refractivity contribution in [3.05, 3.63) is 75.0 Å². The highest BCUT2D eigenvalue weighted by Crippen LogP contribution is 2.43. The molecule has 0 aliphatic heterocycles. The molecule has 34 heavy (non-hydrogen) atoms. The fourth-order valence-electron chi connectivity index (χ4n) is 4.46. The van der Waals surface area contributed by atoms with Gasteiger partial charge in [0.2, 0.25) is 0 Å². The summed E-state index contributed by atoms with van der Waals surface area (Å²) in [6.07, 6.45) is 1.57. The third-order valence-electron chi connectivity index (χ3n) is 6.10. The minimum atomic E-state index is -0.998. The van der Waals surface area contributed by atoms with Crippen LogP contribution in [0.4, 0.5) is 0 Å². The summed E-state index contributed by atoms with van der Waals surface area (Å²) >= 11 is 3.54. The number of benzene rings is 2. The summed E-state index contributed by atoms with van der Waals surface area (Å²) in [5.41, 5.74) is 3.70. The van der Waals surface area contributed by atoms with Crippen molar-refractivity contribution in [2.75, 3.05) is 0 Å². The number of carboxylic acid groups (broad SMARTS) is 1. The van der Waals surface area contributed by atoms with E-state index < -0.39 is 5.97 Å². The fourth-order valence-corrected chi connectivity index (χ4v) is 4.95. The van der Waals surface area contributed by atoms with Gasteiger partial charge in [0.25, 0.3) is 0 Å². The van der Waals surface area contributed by atoms with Gasteiger partial charge in [0, 0.05) is 29.3 Å². The molecule has 0 amide bonds. The molecule has 0 atom stereocenters. The summed E-state index contributed by atoms with van der Waals surface area (Å²) in [5, 5.41) is 11.6. The molecular formula is C27H27BrN2O4. The average Bonchev–Trinajstić information content (AvgIpc) is 3.28. The summed E-state index contributed by atoms with van der Waals surface area (Å²) in [7, 11) is 0. The minimum Gasteiger partial charge on any atom is -0.478 e. The number of imidazole rings is 1. The molecule has 176 valence electrons. The number of halogens is 1. The number of carboxylic acids is 1. The summed E-state index contributed by atoms with van der Waals surface area (Å²) in [5.74, 6) is 0.386. The van der Waals surface area contributed by atoms with Crippen molar-refractivity contribution in [1.82, 2.24) is 9.55 Å². The SMILES string of the molecule is CCc1nc(C)c(C=O)n1Cc1ccc2c(-c3c(C(=O)O)cccc3C(C)(C)C)oc(Br)c2c1. The van der Waals surface area contributed by atoms with Gasteiger partial charge in [0.1, 0.15) is 17.3 Å². The molecule has 0 aliphatic carbocycles. The average molecular weight is 523 g/mol. The van der Waals surface area contributed by atoms with Crippen LogP contribution in [0.25, 0.3) is 22.1 Å². The van der Waals surface area contributed by atoms with E-state index in [1.165, 1.54) is 0 Å². The van der Waals surface area contributed by atoms with Crippen LogP contribution < -0.4 is 0 Å². The molecule has 0 saturated carbocycles. The molecule has 0 bridgehead atoms. The van der Waals surface area contributed by atoms with Gasteiger partial charge in [0.05, 0.1) is 11.3 Å². The number of rotatable bonds is 6. The zero-order chi connectivity index (χ0) is 24.8. The number of aryl methyl sites for hydroxylation is 2. The molecule has 2 aromatic carbocycles. The Morgan fingerprint density at radius 2 is 1.94 bits per heavy atom. The van der Waals surface area contributed by atoms with Crippen LogP contribution in [0.2, 0.25) is 0 Å². The van der Waals surface area contributed by atoms with E-state index in [9.17, 15) is 14.7 Å². The molecule has 6 nitrogen and oxygen atoms in total. The van der Waals surface area contributed by atoms with Gasteiger partial charge in [-0.15, -0.1) is 0 Å². The van der Waals surface area contributed by atoms with Gasteiger partial charge in [-0.2, -0.15) is 0 Å². The lowest BCUT2D eigenvalue weighted by Gasteiger charge is -2.23. The third kappa shape index (κ3) is 4.09. The summed E-state index contributed by atoms with van der Waals surface area (Å²) in [4.78, 5) is 28.3. The molecule has 0 saturated heterocycles. The Morgan fingerprint density at radius 3 is 2.56 bits per heavy atom. The van der Waals surface area contributed by atoms with Crippen molar-refractivity contribution in [3.63, 3.8) is 0 Å². The van der Waals surface area contributed by atoms with E-state index in [-0.39, 0.29) is 11.0 Å². The molecule has 4 aromatic rings. The van der Waals surface area contributed by atoms with Crippen LogP contribution in [-0.2, 0) is 18.4 Å². The van der Waals surface area contributed by atoms with Gasteiger partial charge in [-0.1, -0.05) is 52.0 Å². The summed E-state index contributed by atoms with van der Waals surface area (Å²) in [6, 6.07) is 11.3. The van der Waals surface area contributed by atoms with Gasteiger partial charge in [-0.3, -0.25) is 4.79 Å². The molecular weight excluding hydrogens is 496 g/mol. The first-order valence-corrected chi connectivity index (χ1v) is 11.9. The number of fused-ring (bicyclic) bond motifs is 1. The maximum Gasteiger partial charge on any atom is 0.336 e. The molecule has 7 heteroatoms. The first kappa shape index (κ1) is 24.0. The molecule has 2 aromatic heterocycles. The molecule has 0 aliphatic rings. The number of hydrogen-bond acceptors (Lipinski definition) is 4. The van der Waals surface area contributed by atoms with Gasteiger partial charge in [0.15, 0.2) is 11.0 Å². The normalized spacial score (nSPS) is 11.8. The number of nitrogens with zero attached hydrogens (tertiary/aromatic N) is 2. The lowest BCUT2D eigenvalue weighted by atomic mass is 9.81. The minimum absolute atomic E-state index is 0.205. The Labute approximate surface area is 206 Å². The second-order valence-electron chi connectivity index (χ2n) is 9.42. The molecule has 1 N–H and O–H groups in total. The van der Waals surface area contributed by atoms with Crippen molar-refractivity contribution < 1.29 is 19.1 Å². The second kappa shape index (κ2) is 8.87. The zero-order valence-electron chi connectivity index (χ0n) is 19.9. The number of furan rings is 1. The summed E-state index contributed by atoms with van der Waals surface area (Å²) < 4.78 is 8.63. The maximum atomic E-state index is 12.1. The largest absolute Gasteiger partial charge is 0.478 e. The molecule has 0 unspecified atom stereocenters. The van der Waals surface area contributed by atoms with Gasteiger partial charge < -0.3 is 14.1 Å². The van der Waals surface area contributed by atoms with Crippen LogP contribution in [0.5, 0.6) is 0 Å². The van der Waals surface area contributed by atoms with Crippen LogP contribution >= 0.6 is 15.9 Å². The molecule has 2 heterocycles. The van der Waals surface area contributed by atoms with Crippen LogP contribution in [0.15, 0.2) is 45.5 Å². The molecule has 0 radical (unpaired) electrons. The highest BCUT2D eigenvalue weighted by Gasteiger charge is 2.27. The number of carbonyl (C=O) groups excluding carboxylic acids is 1. The Bertz CT molecular complexity index is 1420. The molecule has 0 fully saturated rings. The van der Waals surface area contributed by atoms with Gasteiger partial charge in [-0.25, -0.2) is 9.78 Å². The first-order chi connectivity index (χ1) is 16.1. The standard InChI is InChI=1S/C27H27BrN2O4/c1-6-22-29-15(2)21(14-31)30(22)13-16-10-11-17-19(12-16)25(28)34-24(17)23-18(26(32)33)8-7-9-20(23)27(3,4)5/h7-12,14H,6,13H2,1-5H3,(H,32,33). The van der Waals surface area contributed by atoms with E-state index in [1.54, 1.807) is 12.1 Å². The smallest absolute Gasteiger partial charge is 0.336 e. The monoisotopic (exact) mass is 522 g/mol. The number of aromatic nitrogens is 2. The Kier molecular flexibility index (Phi) is 6.25. The van der Waals surface area contributed by atoms with Crippen LogP contribution in [-0.4, -0.2) is 26.9 Å². The zero-order valence-corrected chi connectivity index (χ0v) is 21.5. The molecule has 0 spiro atoms. The number of hydrogen-bond donors (Lipinski definition) is 1. The Morgan fingerprint density at radius 1 is 1.21 bits per heavy atom. The molecule has 4 rings (SSSR count). The number of aromatic carboxylic acids is 1. The van der Waals surface area contributed by atoms with E-state index in [0.29, 0.717) is 28.2 Å². The third-order valence-corrected chi connectivity index (χ3v) is 6.69. The second-order valence-corrected chi connectivity index (χ2v) is 10.1. The topological polar surface area (TPSA) is 85.3 Å². The van der Waals surface area contributed by atoms with E-state index in [0.717, 1.165) is 46.1 Å². The highest BCUT2D eigenvalue weighted by atomic mass is 79.9. The van der Waals surface area contributed by atoms with E-state index >= 15 is 0 Å². The number of carbonyl (C=O) groups is 2. The highest BCUT2D eigenvalue weighted by molar-refractivity contribution is 9.10. The lowest BCUT2D eigenvalue weighted by Crippen LogP contribution is -2.15. The van der Waals surface area contributed by atoms with Crippen LogP contribution in [0, 0.1) is 6.92 Å².